The van der Waals surface area contributed by atoms with Crippen molar-refractivity contribution in [1.29, 1.82) is 0 Å². The Labute approximate surface area is 157 Å². The number of benzene rings is 1. The van der Waals surface area contributed by atoms with Crippen LogP contribution in [0.2, 0.25) is 0 Å². The first kappa shape index (κ1) is 20.0. The van der Waals surface area contributed by atoms with E-state index >= 15 is 0 Å². The van der Waals surface area contributed by atoms with E-state index in [1.807, 2.05) is 21.9 Å². The smallest absolute Gasteiger partial charge is 0.253 e. The Morgan fingerprint density at radius 3 is 2.31 bits per heavy atom. The number of carbonyl (C=O) groups is 2. The molecule has 0 radical (unpaired) electrons. The van der Waals surface area contributed by atoms with Crippen LogP contribution in [0, 0.1) is 18.3 Å². The minimum absolute atomic E-state index is 0.0551. The van der Waals surface area contributed by atoms with E-state index in [0.29, 0.717) is 44.9 Å². The van der Waals surface area contributed by atoms with Gasteiger partial charge in [0.05, 0.1) is 0 Å². The van der Waals surface area contributed by atoms with Crippen LogP contribution in [-0.4, -0.2) is 47.8 Å². The van der Waals surface area contributed by atoms with E-state index in [-0.39, 0.29) is 11.8 Å². The van der Waals surface area contributed by atoms with E-state index in [0.717, 1.165) is 24.8 Å². The zero-order valence-electron chi connectivity index (χ0n) is 16.0. The Balaban J connectivity index is 1.84. The maximum Gasteiger partial charge on any atom is 0.253 e. The summed E-state index contributed by atoms with van der Waals surface area (Å²) in [5.41, 5.74) is 2.00. The summed E-state index contributed by atoms with van der Waals surface area (Å²) in [4.78, 5) is 28.5. The molecule has 1 unspecified atom stereocenters. The molecule has 1 saturated heterocycles. The van der Waals surface area contributed by atoms with Crippen molar-refractivity contribution in [3.05, 3.63) is 35.4 Å². The normalized spacial score (nSPS) is 15.4. The number of unbranched alkanes of at least 4 members (excludes halogenated alkanes) is 1. The first-order chi connectivity index (χ1) is 12.5. The van der Waals surface area contributed by atoms with Gasteiger partial charge in [-0.2, -0.15) is 0 Å². The van der Waals surface area contributed by atoms with Crippen LogP contribution in [-0.2, 0) is 11.2 Å². The number of piperazine rings is 1. The lowest BCUT2D eigenvalue weighted by atomic mass is 9.98. The molecule has 1 atom stereocenters. The van der Waals surface area contributed by atoms with Crippen molar-refractivity contribution in [3.8, 4) is 12.3 Å². The van der Waals surface area contributed by atoms with Crippen LogP contribution in [0.1, 0.15) is 55.5 Å². The maximum atomic E-state index is 12.7. The molecule has 0 N–H and O–H groups in total. The third-order valence-electron chi connectivity index (χ3n) is 5.11. The fraction of sp³-hybridized carbons (Fsp3) is 0.545. The van der Waals surface area contributed by atoms with E-state index < -0.39 is 0 Å². The van der Waals surface area contributed by atoms with Gasteiger partial charge in [0.15, 0.2) is 0 Å². The number of carbonyl (C=O) groups excluding carboxylic acids is 2. The van der Waals surface area contributed by atoms with Crippen molar-refractivity contribution >= 4 is 11.8 Å². The molecule has 140 valence electrons. The zero-order valence-corrected chi connectivity index (χ0v) is 16.0. The van der Waals surface area contributed by atoms with Crippen LogP contribution in [0.3, 0.4) is 0 Å². The maximum absolute atomic E-state index is 12.7. The summed E-state index contributed by atoms with van der Waals surface area (Å²) in [7, 11) is 0. The second-order valence-corrected chi connectivity index (χ2v) is 7.15. The fourth-order valence-corrected chi connectivity index (χ4v) is 3.17. The van der Waals surface area contributed by atoms with Crippen LogP contribution in [0.4, 0.5) is 0 Å². The molecule has 1 aliphatic heterocycles. The van der Waals surface area contributed by atoms with Gasteiger partial charge in [-0.25, -0.2) is 0 Å². The zero-order chi connectivity index (χ0) is 18.9. The summed E-state index contributed by atoms with van der Waals surface area (Å²) in [5, 5.41) is 0. The molecule has 2 amide bonds. The quantitative estimate of drug-likeness (QED) is 0.556. The van der Waals surface area contributed by atoms with Gasteiger partial charge in [-0.1, -0.05) is 32.4 Å². The number of hydrogen-bond acceptors (Lipinski definition) is 2. The van der Waals surface area contributed by atoms with Crippen molar-refractivity contribution in [3.63, 3.8) is 0 Å². The molecule has 1 heterocycles. The molecule has 0 aromatic heterocycles. The third kappa shape index (κ3) is 5.62. The highest BCUT2D eigenvalue weighted by Gasteiger charge is 2.24. The largest absolute Gasteiger partial charge is 0.339 e. The Bertz CT molecular complexity index is 637. The molecule has 4 heteroatoms. The van der Waals surface area contributed by atoms with E-state index in [4.69, 9.17) is 6.42 Å². The lowest BCUT2D eigenvalue weighted by Gasteiger charge is -2.35. The van der Waals surface area contributed by atoms with Crippen LogP contribution >= 0.6 is 0 Å². The predicted octanol–water partition coefficient (Wildman–Crippen LogP) is 3.36. The van der Waals surface area contributed by atoms with Crippen LogP contribution in [0.15, 0.2) is 24.3 Å². The van der Waals surface area contributed by atoms with Gasteiger partial charge in [-0.15, -0.1) is 12.3 Å². The average Bonchev–Trinajstić information content (AvgIpc) is 2.68. The Morgan fingerprint density at radius 1 is 1.12 bits per heavy atom. The summed E-state index contributed by atoms with van der Waals surface area (Å²) in [6.07, 6.45) is 9.29. The number of terminal acetylenes is 1. The number of rotatable bonds is 7. The number of nitrogens with zero attached hydrogens (tertiary/aromatic N) is 2. The second kappa shape index (κ2) is 10.0. The van der Waals surface area contributed by atoms with E-state index in [9.17, 15) is 9.59 Å². The number of amides is 2. The molecular weight excluding hydrogens is 324 g/mol. The molecule has 4 nitrogen and oxygen atoms in total. The van der Waals surface area contributed by atoms with Crippen LogP contribution in [0.5, 0.6) is 0 Å². The number of hydrogen-bond donors (Lipinski definition) is 0. The topological polar surface area (TPSA) is 40.6 Å². The van der Waals surface area contributed by atoms with Crippen molar-refractivity contribution in [2.24, 2.45) is 5.92 Å². The van der Waals surface area contributed by atoms with E-state index in [1.54, 1.807) is 0 Å². The molecule has 0 aliphatic carbocycles. The first-order valence-electron chi connectivity index (χ1n) is 9.64. The fourth-order valence-electron chi connectivity index (χ4n) is 3.17. The Kier molecular flexibility index (Phi) is 7.72. The molecule has 2 rings (SSSR count). The molecule has 1 aliphatic rings. The molecule has 0 bridgehead atoms. The predicted molar refractivity (Wildman–Crippen MR) is 105 cm³/mol. The molecular formula is C22H30N2O2. The van der Waals surface area contributed by atoms with Gasteiger partial charge in [0, 0.05) is 44.6 Å². The summed E-state index contributed by atoms with van der Waals surface area (Å²) < 4.78 is 0. The van der Waals surface area contributed by atoms with Gasteiger partial charge in [-0.3, -0.25) is 9.59 Å². The lowest BCUT2D eigenvalue weighted by molar-refractivity contribution is -0.132. The summed E-state index contributed by atoms with van der Waals surface area (Å²) in [6, 6.07) is 7.98. The van der Waals surface area contributed by atoms with Crippen molar-refractivity contribution < 1.29 is 9.59 Å². The van der Waals surface area contributed by atoms with E-state index in [1.165, 1.54) is 5.56 Å². The highest BCUT2D eigenvalue weighted by Crippen LogP contribution is 2.15. The summed E-state index contributed by atoms with van der Waals surface area (Å²) in [5.74, 6) is 3.41. The highest BCUT2D eigenvalue weighted by molar-refractivity contribution is 5.94. The van der Waals surface area contributed by atoms with Crippen LogP contribution in [0.25, 0.3) is 0 Å². The first-order valence-corrected chi connectivity index (χ1v) is 9.64. The van der Waals surface area contributed by atoms with Gasteiger partial charge in [-0.05, 0) is 36.5 Å². The highest BCUT2D eigenvalue weighted by atomic mass is 16.2. The minimum Gasteiger partial charge on any atom is -0.339 e. The van der Waals surface area contributed by atoms with E-state index in [2.05, 4.69) is 31.9 Å². The molecule has 26 heavy (non-hydrogen) atoms. The van der Waals surface area contributed by atoms with Crippen molar-refractivity contribution in [1.82, 2.24) is 9.80 Å². The summed E-state index contributed by atoms with van der Waals surface area (Å²) >= 11 is 0. The summed E-state index contributed by atoms with van der Waals surface area (Å²) in [6.45, 7) is 6.83. The second-order valence-electron chi connectivity index (χ2n) is 7.15. The van der Waals surface area contributed by atoms with Crippen LogP contribution < -0.4 is 0 Å². The average molecular weight is 354 g/mol. The molecule has 1 fully saturated rings. The lowest BCUT2D eigenvalue weighted by Crippen LogP contribution is -2.50. The minimum atomic E-state index is 0.0551. The Hall–Kier alpha value is -2.28. The molecule has 1 aromatic rings. The van der Waals surface area contributed by atoms with Gasteiger partial charge in [0.2, 0.25) is 5.91 Å². The molecule has 0 saturated carbocycles. The standard InChI is InChI=1S/C22H30N2O2/c1-4-6-7-8-21(25)23-13-15-24(16-14-23)22(26)20-11-9-19(10-12-20)17-18(3)5-2/h1,9-12,18H,5-8,13-17H2,2-3H3. The third-order valence-corrected chi connectivity index (χ3v) is 5.11. The molecule has 1 aromatic carbocycles. The monoisotopic (exact) mass is 354 g/mol. The van der Waals surface area contributed by atoms with Crippen molar-refractivity contribution in [2.45, 2.75) is 46.0 Å². The van der Waals surface area contributed by atoms with Gasteiger partial charge in [0.25, 0.3) is 5.91 Å². The van der Waals surface area contributed by atoms with Gasteiger partial charge < -0.3 is 9.80 Å². The molecule has 0 spiro atoms. The van der Waals surface area contributed by atoms with Gasteiger partial charge in [0.1, 0.15) is 0 Å². The Morgan fingerprint density at radius 2 is 1.73 bits per heavy atom. The SMILES string of the molecule is C#CCCCC(=O)N1CCN(C(=O)c2ccc(CC(C)CC)cc2)CC1. The van der Waals surface area contributed by atoms with Gasteiger partial charge >= 0.3 is 0 Å². The van der Waals surface area contributed by atoms with Crippen molar-refractivity contribution in [2.75, 3.05) is 26.2 Å².